The molecule has 0 radical (unpaired) electrons. The summed E-state index contributed by atoms with van der Waals surface area (Å²) in [6, 6.07) is 1.87. The molecule has 224 valence electrons. The number of fused-ring (bicyclic) bond motifs is 1. The number of amides is 2. The number of piperidine rings is 1. The van der Waals surface area contributed by atoms with Crippen LogP contribution >= 0.6 is 0 Å². The number of aromatic amines is 1. The lowest BCUT2D eigenvalue weighted by Gasteiger charge is -2.59. The summed E-state index contributed by atoms with van der Waals surface area (Å²) in [4.78, 5) is 39.4. The highest BCUT2D eigenvalue weighted by atomic mass is 16.6. The van der Waals surface area contributed by atoms with Gasteiger partial charge in [0.2, 0.25) is 0 Å². The largest absolute Gasteiger partial charge is 0.444 e. The van der Waals surface area contributed by atoms with Gasteiger partial charge in [-0.2, -0.15) is 4.98 Å². The zero-order chi connectivity index (χ0) is 29.2. The minimum atomic E-state index is -0.549. The number of pyridine rings is 1. The van der Waals surface area contributed by atoms with Gasteiger partial charge in [-0.1, -0.05) is 5.16 Å². The normalized spacial score (nSPS) is 29.2. The molecule has 42 heavy (non-hydrogen) atoms. The van der Waals surface area contributed by atoms with Crippen LogP contribution in [0.4, 0.5) is 10.5 Å². The predicted octanol–water partition coefficient (Wildman–Crippen LogP) is 4.09. The standard InChI is InChI=1S/C30H39N7O5/c1-29(2,3)41-28(40)37-8-5-19(6-9-37)33-26(39)25-34-27(42-36-25)21-15-32-24-20(4-7-31-24)22(21)35-30-12-16-10-17(13-30)23(38)18(11-16)14-30/h4,7,15-19,23,38H,5-6,8-14H2,1-3H3,(H,33,39)(H2,31,32,35)/t16?,17-,18+,23?,30+. The average Bonchev–Trinajstić information content (AvgIpc) is 3.61. The van der Waals surface area contributed by atoms with Gasteiger partial charge in [0.15, 0.2) is 0 Å². The predicted molar refractivity (Wildman–Crippen MR) is 154 cm³/mol. The maximum Gasteiger partial charge on any atom is 0.410 e. The Bertz CT molecular complexity index is 1480. The van der Waals surface area contributed by atoms with Crippen LogP contribution in [-0.4, -0.2) is 78.5 Å². The van der Waals surface area contributed by atoms with E-state index in [9.17, 15) is 14.7 Å². The van der Waals surface area contributed by atoms with Crippen molar-refractivity contribution in [3.05, 3.63) is 24.3 Å². The van der Waals surface area contributed by atoms with E-state index in [0.29, 0.717) is 49.2 Å². The summed E-state index contributed by atoms with van der Waals surface area (Å²) in [5.74, 6) is 1.04. The summed E-state index contributed by atoms with van der Waals surface area (Å²) < 4.78 is 11.1. The van der Waals surface area contributed by atoms with Crippen LogP contribution in [0.3, 0.4) is 0 Å². The number of aromatic nitrogens is 4. The number of ether oxygens (including phenoxy) is 1. The quantitative estimate of drug-likeness (QED) is 0.350. The van der Waals surface area contributed by atoms with Crippen molar-refractivity contribution in [1.82, 2.24) is 30.3 Å². The van der Waals surface area contributed by atoms with Crippen molar-refractivity contribution in [3.8, 4) is 11.5 Å². The Morgan fingerprint density at radius 1 is 1.17 bits per heavy atom. The molecule has 0 spiro atoms. The number of hydrogen-bond donors (Lipinski definition) is 4. The molecule has 12 nitrogen and oxygen atoms in total. The Labute approximate surface area is 244 Å². The van der Waals surface area contributed by atoms with Crippen molar-refractivity contribution >= 4 is 28.7 Å². The van der Waals surface area contributed by atoms with Crippen molar-refractivity contribution in [1.29, 1.82) is 0 Å². The van der Waals surface area contributed by atoms with Crippen LogP contribution in [0.5, 0.6) is 0 Å². The molecule has 3 aromatic rings. The summed E-state index contributed by atoms with van der Waals surface area (Å²) >= 11 is 0. The molecule has 0 aromatic carbocycles. The van der Waals surface area contributed by atoms with E-state index >= 15 is 0 Å². The fourth-order valence-electron chi connectivity index (χ4n) is 7.93. The molecule has 4 aliphatic carbocycles. The van der Waals surface area contributed by atoms with E-state index in [-0.39, 0.29) is 35.5 Å². The highest BCUT2D eigenvalue weighted by Crippen LogP contribution is 2.57. The third-order valence-electron chi connectivity index (χ3n) is 9.54. The minimum absolute atomic E-state index is 0.0439. The Kier molecular flexibility index (Phi) is 6.45. The summed E-state index contributed by atoms with van der Waals surface area (Å²) in [6.07, 6.45) is 9.38. The highest BCUT2D eigenvalue weighted by molar-refractivity contribution is 5.98. The fourth-order valence-corrected chi connectivity index (χ4v) is 7.93. The number of rotatable bonds is 5. The second kappa shape index (κ2) is 9.96. The fraction of sp³-hybridized carbons (Fsp3) is 0.633. The number of anilines is 1. The Balaban J connectivity index is 1.07. The molecule has 3 aromatic heterocycles. The first-order chi connectivity index (χ1) is 20.1. The SMILES string of the molecule is CC(C)(C)OC(=O)N1CCC(NC(=O)c2noc(-c3cnc4[nH]ccc4c3N[C@@]34CC5C[C@H](C3)C(O)[C@@H](C5)C4)n2)CC1. The van der Waals surface area contributed by atoms with Crippen molar-refractivity contribution in [2.24, 2.45) is 17.8 Å². The molecule has 12 heteroatoms. The molecule has 2 unspecified atom stereocenters. The lowest BCUT2D eigenvalue weighted by Crippen LogP contribution is -2.60. The van der Waals surface area contributed by atoms with E-state index in [1.807, 2.05) is 33.0 Å². The molecule has 1 saturated heterocycles. The molecule has 2 amide bonds. The Morgan fingerprint density at radius 3 is 2.62 bits per heavy atom. The topological polar surface area (TPSA) is 158 Å². The Hall–Kier alpha value is -3.67. The minimum Gasteiger partial charge on any atom is -0.444 e. The second-order valence-electron chi connectivity index (χ2n) is 13.8. The van der Waals surface area contributed by atoms with Gasteiger partial charge >= 0.3 is 6.09 Å². The van der Waals surface area contributed by atoms with Gasteiger partial charge in [-0.05, 0) is 89.5 Å². The summed E-state index contributed by atoms with van der Waals surface area (Å²) in [5.41, 5.74) is 1.61. The van der Waals surface area contributed by atoms with Gasteiger partial charge in [0.05, 0.1) is 17.4 Å². The van der Waals surface area contributed by atoms with Crippen LogP contribution in [0.2, 0.25) is 0 Å². The van der Waals surface area contributed by atoms with Gasteiger partial charge in [-0.3, -0.25) is 4.79 Å². The molecular weight excluding hydrogens is 538 g/mol. The molecule has 4 heterocycles. The first-order valence-corrected chi connectivity index (χ1v) is 15.1. The van der Waals surface area contributed by atoms with Crippen LogP contribution in [0.15, 0.2) is 23.0 Å². The Morgan fingerprint density at radius 2 is 1.90 bits per heavy atom. The summed E-state index contributed by atoms with van der Waals surface area (Å²) in [6.45, 7) is 6.52. The highest BCUT2D eigenvalue weighted by Gasteiger charge is 2.55. The smallest absolute Gasteiger partial charge is 0.410 e. The van der Waals surface area contributed by atoms with Gasteiger partial charge < -0.3 is 34.9 Å². The summed E-state index contributed by atoms with van der Waals surface area (Å²) in [5, 5.41) is 22.6. The van der Waals surface area contributed by atoms with Crippen molar-refractivity contribution in [2.45, 2.75) is 89.0 Å². The number of likely N-dealkylation sites (tertiary alicyclic amines) is 1. The van der Waals surface area contributed by atoms with Gasteiger partial charge in [0.25, 0.3) is 17.6 Å². The van der Waals surface area contributed by atoms with Crippen LogP contribution < -0.4 is 10.6 Å². The third-order valence-corrected chi connectivity index (χ3v) is 9.54. The molecule has 4 N–H and O–H groups in total. The van der Waals surface area contributed by atoms with E-state index in [4.69, 9.17) is 9.26 Å². The molecule has 4 bridgehead atoms. The van der Waals surface area contributed by atoms with E-state index in [1.165, 1.54) is 0 Å². The van der Waals surface area contributed by atoms with Crippen LogP contribution in [0, 0.1) is 17.8 Å². The molecule has 5 atom stereocenters. The third kappa shape index (κ3) is 4.99. The maximum atomic E-state index is 13.1. The van der Waals surface area contributed by atoms with Crippen LogP contribution in [-0.2, 0) is 4.74 Å². The molecule has 8 rings (SSSR count). The van der Waals surface area contributed by atoms with E-state index in [1.54, 1.807) is 11.1 Å². The lowest BCUT2D eigenvalue weighted by molar-refractivity contribution is -0.0960. The molecule has 1 aliphatic heterocycles. The van der Waals surface area contributed by atoms with E-state index < -0.39 is 11.5 Å². The zero-order valence-corrected chi connectivity index (χ0v) is 24.4. The van der Waals surface area contributed by atoms with E-state index in [0.717, 1.165) is 48.8 Å². The van der Waals surface area contributed by atoms with Crippen molar-refractivity contribution < 1.29 is 24.0 Å². The monoisotopic (exact) mass is 577 g/mol. The lowest BCUT2D eigenvalue weighted by atomic mass is 9.51. The van der Waals surface area contributed by atoms with E-state index in [2.05, 4.69) is 30.7 Å². The number of aliphatic hydroxyl groups excluding tert-OH is 1. The first kappa shape index (κ1) is 27.2. The van der Waals surface area contributed by atoms with Gasteiger partial charge in [0, 0.05) is 42.5 Å². The van der Waals surface area contributed by atoms with Crippen molar-refractivity contribution in [2.75, 3.05) is 18.4 Å². The number of H-pyrrole nitrogens is 1. The van der Waals surface area contributed by atoms with Gasteiger partial charge in [-0.15, -0.1) is 0 Å². The summed E-state index contributed by atoms with van der Waals surface area (Å²) in [7, 11) is 0. The van der Waals surface area contributed by atoms with Gasteiger partial charge in [0.1, 0.15) is 11.2 Å². The average molecular weight is 578 g/mol. The molecule has 5 fully saturated rings. The molecule has 4 saturated carbocycles. The van der Waals surface area contributed by atoms with Crippen LogP contribution in [0.25, 0.3) is 22.5 Å². The number of hydrogen-bond acceptors (Lipinski definition) is 9. The first-order valence-electron chi connectivity index (χ1n) is 15.1. The molecular formula is C30H39N7O5. The van der Waals surface area contributed by atoms with Gasteiger partial charge in [-0.25, -0.2) is 9.78 Å². The number of aliphatic hydroxyl groups is 1. The second-order valence-corrected chi connectivity index (χ2v) is 13.8. The zero-order valence-electron chi connectivity index (χ0n) is 24.4. The number of carbonyl (C=O) groups is 2. The number of carbonyl (C=O) groups excluding carboxylic acids is 2. The van der Waals surface area contributed by atoms with Crippen LogP contribution in [0.1, 0.15) is 76.3 Å². The number of nitrogens with zero attached hydrogens (tertiary/aromatic N) is 4. The maximum absolute atomic E-state index is 13.1. The molecule has 5 aliphatic rings. The van der Waals surface area contributed by atoms with Crippen molar-refractivity contribution in [3.63, 3.8) is 0 Å². The number of nitrogens with one attached hydrogen (secondary N) is 3.